The summed E-state index contributed by atoms with van der Waals surface area (Å²) in [6.45, 7) is 14.0. The molecule has 1 N–H and O–H groups in total. The van der Waals surface area contributed by atoms with Crippen LogP contribution in [0.5, 0.6) is 5.75 Å². The van der Waals surface area contributed by atoms with E-state index in [9.17, 15) is 5.11 Å². The Morgan fingerprint density at radius 2 is 1.54 bits per heavy atom. The van der Waals surface area contributed by atoms with Crippen molar-refractivity contribution in [1.29, 1.82) is 0 Å². The number of phenolic OH excluding ortho intramolecular Hbond substituents is 1. The Bertz CT molecular complexity index is 713. The summed E-state index contributed by atoms with van der Waals surface area (Å²) < 4.78 is 2.32. The van der Waals surface area contributed by atoms with Crippen LogP contribution in [0.3, 0.4) is 0 Å². The molecule has 0 spiro atoms. The maximum absolute atomic E-state index is 10.9. The highest BCUT2D eigenvalue weighted by molar-refractivity contribution is 5.85. The van der Waals surface area contributed by atoms with Crippen LogP contribution in [-0.4, -0.2) is 14.7 Å². The van der Waals surface area contributed by atoms with E-state index in [1.54, 1.807) is 0 Å². The van der Waals surface area contributed by atoms with Gasteiger partial charge in [-0.05, 0) is 29.4 Å². The zero-order valence-corrected chi connectivity index (χ0v) is 16.4. The van der Waals surface area contributed by atoms with Gasteiger partial charge in [-0.15, -0.1) is 12.4 Å². The van der Waals surface area contributed by atoms with Crippen LogP contribution in [0.4, 0.5) is 0 Å². The molecule has 0 bridgehead atoms. The quantitative estimate of drug-likeness (QED) is 0.767. The number of fused-ring (bicyclic) bond motifs is 1. The zero-order valence-electron chi connectivity index (χ0n) is 15.6. The number of imidazole rings is 1. The van der Waals surface area contributed by atoms with Crippen molar-refractivity contribution in [2.45, 2.75) is 71.8 Å². The Kier molecular flexibility index (Phi) is 4.80. The number of halogens is 1. The molecule has 1 aliphatic rings. The van der Waals surface area contributed by atoms with Crippen molar-refractivity contribution in [1.82, 2.24) is 9.55 Å². The van der Waals surface area contributed by atoms with Crippen molar-refractivity contribution >= 4 is 12.4 Å². The summed E-state index contributed by atoms with van der Waals surface area (Å²) in [5.74, 6) is 1.62. The summed E-state index contributed by atoms with van der Waals surface area (Å²) in [7, 11) is 0. The first-order chi connectivity index (χ1) is 10.6. The molecular formula is C20H29ClN2O. The second-order valence-electron chi connectivity index (χ2n) is 8.73. The van der Waals surface area contributed by atoms with Gasteiger partial charge >= 0.3 is 0 Å². The third kappa shape index (κ3) is 3.19. The van der Waals surface area contributed by atoms with Crippen molar-refractivity contribution in [2.75, 3.05) is 0 Å². The topological polar surface area (TPSA) is 38.0 Å². The van der Waals surface area contributed by atoms with E-state index in [0.717, 1.165) is 24.1 Å². The van der Waals surface area contributed by atoms with Crippen LogP contribution in [0.25, 0.3) is 11.3 Å². The molecule has 3 rings (SSSR count). The lowest BCUT2D eigenvalue weighted by molar-refractivity contribution is 0.423. The molecular weight excluding hydrogens is 320 g/mol. The Balaban J connectivity index is 0.00000208. The predicted octanol–water partition coefficient (Wildman–Crippen LogP) is 5.22. The normalized spacial score (nSPS) is 14.4. The molecule has 4 heteroatoms. The van der Waals surface area contributed by atoms with Crippen molar-refractivity contribution in [2.24, 2.45) is 0 Å². The van der Waals surface area contributed by atoms with Gasteiger partial charge in [-0.1, -0.05) is 41.5 Å². The minimum Gasteiger partial charge on any atom is -0.507 e. The molecule has 2 aromatic rings. The summed E-state index contributed by atoms with van der Waals surface area (Å²) >= 11 is 0. The predicted molar refractivity (Wildman–Crippen MR) is 102 cm³/mol. The first-order valence-corrected chi connectivity index (χ1v) is 8.52. The maximum Gasteiger partial charge on any atom is 0.123 e. The van der Waals surface area contributed by atoms with Crippen molar-refractivity contribution < 1.29 is 5.11 Å². The summed E-state index contributed by atoms with van der Waals surface area (Å²) in [5, 5.41) is 10.9. The molecule has 1 aromatic carbocycles. The second-order valence-corrected chi connectivity index (χ2v) is 8.73. The van der Waals surface area contributed by atoms with Crippen LogP contribution < -0.4 is 0 Å². The first-order valence-electron chi connectivity index (χ1n) is 8.52. The summed E-state index contributed by atoms with van der Waals surface area (Å²) in [4.78, 5) is 4.58. The van der Waals surface area contributed by atoms with Gasteiger partial charge in [-0.2, -0.15) is 0 Å². The molecule has 0 unspecified atom stereocenters. The molecule has 1 aliphatic heterocycles. The van der Waals surface area contributed by atoms with Crippen LogP contribution >= 0.6 is 12.4 Å². The van der Waals surface area contributed by atoms with Crippen LogP contribution in [0.1, 0.15) is 64.9 Å². The SMILES string of the molecule is CC(C)(C)c1cc(-c2cnc3n2CCC3)cc(C(C)(C)C)c1O.Cl. The third-order valence-electron chi connectivity index (χ3n) is 4.74. The summed E-state index contributed by atoms with van der Waals surface area (Å²) in [5.41, 5.74) is 4.15. The molecule has 0 radical (unpaired) electrons. The van der Waals surface area contributed by atoms with Gasteiger partial charge in [0.25, 0.3) is 0 Å². The number of aromatic nitrogens is 2. The van der Waals surface area contributed by atoms with Crippen molar-refractivity contribution in [3.05, 3.63) is 35.3 Å². The molecule has 0 aliphatic carbocycles. The molecule has 1 aromatic heterocycles. The molecule has 0 saturated carbocycles. The van der Waals surface area contributed by atoms with Crippen molar-refractivity contribution in [3.63, 3.8) is 0 Å². The van der Waals surface area contributed by atoms with E-state index in [0.29, 0.717) is 5.75 Å². The van der Waals surface area contributed by atoms with Gasteiger partial charge < -0.3 is 9.67 Å². The lowest BCUT2D eigenvalue weighted by Crippen LogP contribution is -2.17. The largest absolute Gasteiger partial charge is 0.507 e. The fourth-order valence-corrected chi connectivity index (χ4v) is 3.41. The summed E-state index contributed by atoms with van der Waals surface area (Å²) in [6.07, 6.45) is 4.22. The standard InChI is InChI=1S/C20H28N2O.ClH/c1-19(2,3)14-10-13(11-15(18(14)23)20(4,5)6)16-12-21-17-8-7-9-22(16)17;/h10-12,23H,7-9H2,1-6H3;1H. The van der Waals surface area contributed by atoms with Gasteiger partial charge in [0.15, 0.2) is 0 Å². The third-order valence-corrected chi connectivity index (χ3v) is 4.74. The number of aryl methyl sites for hydroxylation is 1. The molecule has 24 heavy (non-hydrogen) atoms. The van der Waals surface area contributed by atoms with Crippen LogP contribution in [0, 0.1) is 0 Å². The van der Waals surface area contributed by atoms with Gasteiger partial charge in [0.05, 0.1) is 11.9 Å². The highest BCUT2D eigenvalue weighted by atomic mass is 35.5. The molecule has 3 nitrogen and oxygen atoms in total. The number of nitrogens with zero attached hydrogens (tertiary/aromatic N) is 2. The first kappa shape index (κ1) is 18.9. The maximum atomic E-state index is 10.9. The highest BCUT2D eigenvalue weighted by Crippen LogP contribution is 2.42. The van der Waals surface area contributed by atoms with Gasteiger partial charge in [0.2, 0.25) is 0 Å². The number of hydrogen-bond acceptors (Lipinski definition) is 2. The second kappa shape index (κ2) is 6.11. The van der Waals surface area contributed by atoms with E-state index in [1.807, 2.05) is 6.20 Å². The highest BCUT2D eigenvalue weighted by Gasteiger charge is 2.28. The molecule has 0 atom stereocenters. The van der Waals surface area contributed by atoms with E-state index in [2.05, 4.69) is 63.2 Å². The minimum atomic E-state index is -0.103. The molecule has 0 fully saturated rings. The molecule has 2 heterocycles. The van der Waals surface area contributed by atoms with Gasteiger partial charge in [-0.25, -0.2) is 4.98 Å². The minimum absolute atomic E-state index is 0. The van der Waals surface area contributed by atoms with Gasteiger partial charge in [0, 0.05) is 29.7 Å². The number of benzene rings is 1. The van der Waals surface area contributed by atoms with E-state index < -0.39 is 0 Å². The van der Waals surface area contributed by atoms with Crippen LogP contribution in [0.2, 0.25) is 0 Å². The average Bonchev–Trinajstić information content (AvgIpc) is 2.98. The fourth-order valence-electron chi connectivity index (χ4n) is 3.41. The van der Waals surface area contributed by atoms with Crippen LogP contribution in [-0.2, 0) is 23.8 Å². The number of rotatable bonds is 1. The Labute approximate surface area is 151 Å². The average molecular weight is 349 g/mol. The van der Waals surface area contributed by atoms with Crippen LogP contribution in [0.15, 0.2) is 18.3 Å². The van der Waals surface area contributed by atoms with E-state index in [-0.39, 0.29) is 23.2 Å². The number of hydrogen-bond donors (Lipinski definition) is 1. The monoisotopic (exact) mass is 348 g/mol. The lowest BCUT2D eigenvalue weighted by Gasteiger charge is -2.28. The summed E-state index contributed by atoms with van der Waals surface area (Å²) in [6, 6.07) is 4.29. The van der Waals surface area contributed by atoms with E-state index in [4.69, 9.17) is 0 Å². The fraction of sp³-hybridized carbons (Fsp3) is 0.550. The molecule has 0 saturated heterocycles. The van der Waals surface area contributed by atoms with Gasteiger partial charge in [-0.3, -0.25) is 0 Å². The van der Waals surface area contributed by atoms with Gasteiger partial charge in [0.1, 0.15) is 11.6 Å². The molecule has 0 amide bonds. The Morgan fingerprint density at radius 1 is 1.00 bits per heavy atom. The zero-order chi connectivity index (χ0) is 17.0. The van der Waals surface area contributed by atoms with E-state index in [1.165, 1.54) is 23.5 Å². The smallest absolute Gasteiger partial charge is 0.123 e. The Hall–Kier alpha value is -1.48. The van der Waals surface area contributed by atoms with E-state index >= 15 is 0 Å². The number of aromatic hydroxyl groups is 1. The molecule has 132 valence electrons. The number of phenols is 1. The lowest BCUT2D eigenvalue weighted by atomic mass is 9.78. The Morgan fingerprint density at radius 3 is 2.04 bits per heavy atom. The van der Waals surface area contributed by atoms with Crippen molar-refractivity contribution in [3.8, 4) is 17.0 Å².